The van der Waals surface area contributed by atoms with Crippen molar-refractivity contribution in [1.82, 2.24) is 9.88 Å². The molecule has 2 aliphatic heterocycles. The van der Waals surface area contributed by atoms with Crippen LogP contribution >= 0.6 is 11.8 Å². The van der Waals surface area contributed by atoms with Gasteiger partial charge >= 0.3 is 0 Å². The topological polar surface area (TPSA) is 75.5 Å². The lowest BCUT2D eigenvalue weighted by Gasteiger charge is -2.30. The summed E-state index contributed by atoms with van der Waals surface area (Å²) in [7, 11) is 0. The van der Waals surface area contributed by atoms with E-state index in [1.54, 1.807) is 30.5 Å². The van der Waals surface area contributed by atoms with Gasteiger partial charge in [-0.2, -0.15) is 11.8 Å². The third-order valence-corrected chi connectivity index (χ3v) is 6.10. The first kappa shape index (κ1) is 17.4. The zero-order valence-corrected chi connectivity index (χ0v) is 15.3. The van der Waals surface area contributed by atoms with E-state index in [1.807, 2.05) is 16.7 Å². The Kier molecular flexibility index (Phi) is 5.17. The molecule has 0 radical (unpaired) electrons. The normalized spacial score (nSPS) is 22.6. The van der Waals surface area contributed by atoms with Crippen LogP contribution in [0.1, 0.15) is 29.6 Å². The minimum Gasteiger partial charge on any atom is -0.463 e. The first-order valence-corrected chi connectivity index (χ1v) is 10.2. The van der Waals surface area contributed by atoms with E-state index in [4.69, 9.17) is 9.15 Å². The average Bonchev–Trinajstić information content (AvgIpc) is 3.42. The fraction of sp³-hybridized carbons (Fsp3) is 0.474. The molecule has 2 aliphatic rings. The summed E-state index contributed by atoms with van der Waals surface area (Å²) >= 11 is 1.85. The Hall–Kier alpha value is -1.99. The summed E-state index contributed by atoms with van der Waals surface area (Å²) in [5.41, 5.74) is 0.362. The molecule has 0 spiro atoms. The highest BCUT2D eigenvalue weighted by atomic mass is 32.2. The quantitative estimate of drug-likeness (QED) is 0.871. The smallest absolute Gasteiger partial charge is 0.261 e. The van der Waals surface area contributed by atoms with Crippen molar-refractivity contribution in [3.8, 4) is 11.5 Å². The van der Waals surface area contributed by atoms with Gasteiger partial charge in [-0.05, 0) is 49.3 Å². The first-order valence-electron chi connectivity index (χ1n) is 9.00. The van der Waals surface area contributed by atoms with Crippen molar-refractivity contribution in [2.45, 2.75) is 31.4 Å². The van der Waals surface area contributed by atoms with Crippen molar-refractivity contribution in [1.29, 1.82) is 0 Å². The first-order chi connectivity index (χ1) is 12.7. The van der Waals surface area contributed by atoms with Crippen LogP contribution in [0, 0.1) is 0 Å². The Labute approximate surface area is 155 Å². The lowest BCUT2D eigenvalue weighted by molar-refractivity contribution is 0.0440. The van der Waals surface area contributed by atoms with Gasteiger partial charge in [0.15, 0.2) is 0 Å². The van der Waals surface area contributed by atoms with E-state index in [2.05, 4.69) is 4.98 Å². The van der Waals surface area contributed by atoms with Gasteiger partial charge in [0.2, 0.25) is 0 Å². The highest BCUT2D eigenvalue weighted by Crippen LogP contribution is 2.26. The van der Waals surface area contributed by atoms with Crippen molar-refractivity contribution in [3.63, 3.8) is 0 Å². The molecule has 26 heavy (non-hydrogen) atoms. The van der Waals surface area contributed by atoms with E-state index in [1.165, 1.54) is 0 Å². The number of aromatic nitrogens is 1. The molecule has 0 saturated carbocycles. The number of furan rings is 1. The second-order valence-corrected chi connectivity index (χ2v) is 7.85. The number of thioether (sulfide) groups is 1. The second-order valence-electron chi connectivity index (χ2n) is 6.70. The van der Waals surface area contributed by atoms with Gasteiger partial charge in [-0.15, -0.1) is 0 Å². The Bertz CT molecular complexity index is 805. The molecule has 2 fully saturated rings. The van der Waals surface area contributed by atoms with Crippen LogP contribution in [0.15, 0.2) is 39.7 Å². The molecular weight excluding hydrogens is 352 g/mol. The molecule has 1 N–H and O–H groups in total. The molecule has 2 aromatic heterocycles. The molecule has 1 amide bonds. The fourth-order valence-corrected chi connectivity index (χ4v) is 4.77. The number of nitrogens with zero attached hydrogens (tertiary/aromatic N) is 1. The van der Waals surface area contributed by atoms with Gasteiger partial charge in [0.25, 0.3) is 11.5 Å². The molecule has 2 saturated heterocycles. The van der Waals surface area contributed by atoms with Crippen molar-refractivity contribution in [2.75, 3.05) is 24.7 Å². The van der Waals surface area contributed by atoms with Crippen molar-refractivity contribution >= 4 is 17.7 Å². The second kappa shape index (κ2) is 7.72. The van der Waals surface area contributed by atoms with Gasteiger partial charge in [0, 0.05) is 24.9 Å². The predicted molar refractivity (Wildman–Crippen MR) is 101 cm³/mol. The maximum atomic E-state index is 13.2. The zero-order chi connectivity index (χ0) is 17.9. The number of rotatable bonds is 5. The molecule has 0 bridgehead atoms. The van der Waals surface area contributed by atoms with Gasteiger partial charge < -0.3 is 19.0 Å². The number of nitrogens with one attached hydrogen (secondary N) is 1. The minimum atomic E-state index is -0.383. The number of hydrogen-bond donors (Lipinski definition) is 1. The molecule has 4 rings (SSSR count). The molecule has 2 atom stereocenters. The van der Waals surface area contributed by atoms with Gasteiger partial charge in [-0.3, -0.25) is 9.59 Å². The third kappa shape index (κ3) is 3.59. The number of ether oxygens (including phenoxy) is 1. The maximum absolute atomic E-state index is 13.2. The molecule has 6 nitrogen and oxygen atoms in total. The summed E-state index contributed by atoms with van der Waals surface area (Å²) < 4.78 is 11.0. The largest absolute Gasteiger partial charge is 0.463 e. The Morgan fingerprint density at radius 1 is 1.31 bits per heavy atom. The number of H-pyrrole nitrogens is 1. The highest BCUT2D eigenvalue weighted by molar-refractivity contribution is 7.99. The van der Waals surface area contributed by atoms with Crippen molar-refractivity contribution in [2.24, 2.45) is 0 Å². The van der Waals surface area contributed by atoms with Crippen LogP contribution in [0.4, 0.5) is 0 Å². The van der Waals surface area contributed by atoms with E-state index in [0.717, 1.165) is 37.4 Å². The Morgan fingerprint density at radius 3 is 2.88 bits per heavy atom. The lowest BCUT2D eigenvalue weighted by atomic mass is 10.1. The van der Waals surface area contributed by atoms with Crippen LogP contribution in [0.25, 0.3) is 11.5 Å². The van der Waals surface area contributed by atoms with Crippen LogP contribution in [-0.4, -0.2) is 52.6 Å². The number of hydrogen-bond acceptors (Lipinski definition) is 5. The molecule has 2 aromatic rings. The number of carbonyl (C=O) groups excluding carboxylic acids is 1. The fourth-order valence-electron chi connectivity index (χ4n) is 3.55. The van der Waals surface area contributed by atoms with Crippen LogP contribution in [0.2, 0.25) is 0 Å². The monoisotopic (exact) mass is 374 g/mol. The standard InChI is InChI=1S/C19H22N2O4S/c22-18-15(5-6-16(20-18)17-4-2-9-25-17)19(23)21(13-7-10-26-12-13)11-14-3-1-8-24-14/h2,4-6,9,13-14H,1,3,7-8,10-12H2,(H,20,22)/t13-,14-/m0/s1. The van der Waals surface area contributed by atoms with Crippen LogP contribution in [0.3, 0.4) is 0 Å². The minimum absolute atomic E-state index is 0.0750. The van der Waals surface area contributed by atoms with Crippen molar-refractivity contribution in [3.05, 3.63) is 46.4 Å². The number of amides is 1. The van der Waals surface area contributed by atoms with E-state index >= 15 is 0 Å². The molecule has 138 valence electrons. The van der Waals surface area contributed by atoms with Gasteiger partial charge in [0.05, 0.1) is 18.1 Å². The SMILES string of the molecule is O=C(c1ccc(-c2ccco2)[nH]c1=O)N(C[C@@H]1CCCO1)[C@H]1CCSC1. The molecule has 0 aliphatic carbocycles. The zero-order valence-electron chi connectivity index (χ0n) is 14.5. The summed E-state index contributed by atoms with van der Waals surface area (Å²) in [4.78, 5) is 30.3. The molecular formula is C19H22N2O4S. The molecule has 0 unspecified atom stereocenters. The van der Waals surface area contributed by atoms with Crippen LogP contribution in [-0.2, 0) is 4.74 Å². The predicted octanol–water partition coefficient (Wildman–Crippen LogP) is 2.76. The van der Waals surface area contributed by atoms with E-state index < -0.39 is 0 Å². The highest BCUT2D eigenvalue weighted by Gasteiger charge is 2.32. The average molecular weight is 374 g/mol. The molecule has 4 heterocycles. The van der Waals surface area contributed by atoms with E-state index in [-0.39, 0.29) is 29.2 Å². The summed E-state index contributed by atoms with van der Waals surface area (Å²) in [6, 6.07) is 7.02. The summed E-state index contributed by atoms with van der Waals surface area (Å²) in [6.45, 7) is 1.31. The van der Waals surface area contributed by atoms with Gasteiger partial charge in [0.1, 0.15) is 11.3 Å². The lowest BCUT2D eigenvalue weighted by Crippen LogP contribution is -2.46. The summed E-state index contributed by atoms with van der Waals surface area (Å²) in [6.07, 6.45) is 4.59. The Morgan fingerprint density at radius 2 is 2.23 bits per heavy atom. The summed E-state index contributed by atoms with van der Waals surface area (Å²) in [5.74, 6) is 2.33. The number of aromatic amines is 1. The molecule has 0 aromatic carbocycles. The van der Waals surface area contributed by atoms with E-state index in [0.29, 0.717) is 18.0 Å². The summed E-state index contributed by atoms with van der Waals surface area (Å²) in [5, 5.41) is 0. The molecule has 7 heteroatoms. The van der Waals surface area contributed by atoms with Gasteiger partial charge in [-0.1, -0.05) is 0 Å². The van der Waals surface area contributed by atoms with Gasteiger partial charge in [-0.25, -0.2) is 0 Å². The number of carbonyl (C=O) groups is 1. The maximum Gasteiger partial charge on any atom is 0.261 e. The van der Waals surface area contributed by atoms with Crippen LogP contribution < -0.4 is 5.56 Å². The Balaban J connectivity index is 1.59. The van der Waals surface area contributed by atoms with Crippen molar-refractivity contribution < 1.29 is 13.9 Å². The number of pyridine rings is 1. The van der Waals surface area contributed by atoms with E-state index in [9.17, 15) is 9.59 Å². The third-order valence-electron chi connectivity index (χ3n) is 4.96. The van der Waals surface area contributed by atoms with Crippen LogP contribution in [0.5, 0.6) is 0 Å².